The van der Waals surface area contributed by atoms with Crippen LogP contribution in [0.4, 0.5) is 0 Å². The maximum Gasteiger partial charge on any atom is 0.223 e. The van der Waals surface area contributed by atoms with Crippen LogP contribution in [0.5, 0.6) is 0 Å². The Morgan fingerprint density at radius 3 is 2.58 bits per heavy atom. The van der Waals surface area contributed by atoms with E-state index in [0.717, 1.165) is 26.2 Å². The molecule has 19 heavy (non-hydrogen) atoms. The summed E-state index contributed by atoms with van der Waals surface area (Å²) in [5.41, 5.74) is 1.27. The number of rotatable bonds is 6. The van der Waals surface area contributed by atoms with Crippen molar-refractivity contribution in [1.29, 1.82) is 0 Å². The molecule has 3 nitrogen and oxygen atoms in total. The molecule has 0 aromatic heterocycles. The molecule has 1 heterocycles. The molecule has 1 aromatic rings. The number of nitrogens with zero attached hydrogens (tertiary/aromatic N) is 1. The molecule has 2 rings (SSSR count). The number of carbonyl (C=O) groups is 1. The van der Waals surface area contributed by atoms with E-state index in [1.165, 1.54) is 23.3 Å². The Kier molecular flexibility index (Phi) is 5.73. The Hall–Kier alpha value is -1.00. The quantitative estimate of drug-likeness (QED) is 0.641. The lowest BCUT2D eigenvalue weighted by Gasteiger charge is -2.15. The van der Waals surface area contributed by atoms with Crippen LogP contribution in [-0.4, -0.2) is 36.7 Å². The van der Waals surface area contributed by atoms with Crippen LogP contribution >= 0.6 is 11.8 Å². The van der Waals surface area contributed by atoms with Crippen molar-refractivity contribution < 1.29 is 4.79 Å². The van der Waals surface area contributed by atoms with Crippen LogP contribution in [-0.2, 0) is 11.3 Å². The fraction of sp³-hybridized carbons (Fsp3) is 0.533. The third-order valence-corrected chi connectivity index (χ3v) is 4.21. The Morgan fingerprint density at radius 2 is 1.95 bits per heavy atom. The summed E-state index contributed by atoms with van der Waals surface area (Å²) in [5.74, 6) is 0.294. The van der Waals surface area contributed by atoms with Crippen molar-refractivity contribution in [3.8, 4) is 0 Å². The molecule has 1 amide bonds. The van der Waals surface area contributed by atoms with E-state index in [0.29, 0.717) is 12.3 Å². The zero-order chi connectivity index (χ0) is 13.5. The first-order chi connectivity index (χ1) is 9.29. The average molecular weight is 278 g/mol. The SMILES string of the molecule is CSc1ccc(CNCCC(=O)N2CCCC2)cc1. The van der Waals surface area contributed by atoms with E-state index >= 15 is 0 Å². The van der Waals surface area contributed by atoms with E-state index in [1.54, 1.807) is 11.8 Å². The number of carbonyl (C=O) groups excluding carboxylic acids is 1. The molecule has 1 fully saturated rings. The first-order valence-corrected chi connectivity index (χ1v) is 8.13. The molecule has 0 spiro atoms. The first-order valence-electron chi connectivity index (χ1n) is 6.91. The molecule has 1 aromatic carbocycles. The number of amides is 1. The lowest BCUT2D eigenvalue weighted by molar-refractivity contribution is -0.130. The largest absolute Gasteiger partial charge is 0.343 e. The van der Waals surface area contributed by atoms with Crippen molar-refractivity contribution in [3.63, 3.8) is 0 Å². The van der Waals surface area contributed by atoms with Gasteiger partial charge in [0.2, 0.25) is 5.91 Å². The van der Waals surface area contributed by atoms with Gasteiger partial charge in [0.05, 0.1) is 0 Å². The van der Waals surface area contributed by atoms with Gasteiger partial charge >= 0.3 is 0 Å². The summed E-state index contributed by atoms with van der Waals surface area (Å²) in [5, 5.41) is 3.34. The molecule has 0 saturated carbocycles. The molecule has 0 radical (unpaired) electrons. The van der Waals surface area contributed by atoms with Crippen molar-refractivity contribution >= 4 is 17.7 Å². The molecule has 0 aliphatic carbocycles. The van der Waals surface area contributed by atoms with Gasteiger partial charge in [0.1, 0.15) is 0 Å². The predicted molar refractivity (Wildman–Crippen MR) is 80.4 cm³/mol. The van der Waals surface area contributed by atoms with Crippen LogP contribution in [0.15, 0.2) is 29.2 Å². The number of thioether (sulfide) groups is 1. The van der Waals surface area contributed by atoms with Crippen molar-refractivity contribution in [2.45, 2.75) is 30.7 Å². The molecule has 104 valence electrons. The lowest BCUT2D eigenvalue weighted by atomic mass is 10.2. The van der Waals surface area contributed by atoms with Gasteiger partial charge in [0.15, 0.2) is 0 Å². The van der Waals surface area contributed by atoms with Crippen molar-refractivity contribution in [2.75, 3.05) is 25.9 Å². The molecular formula is C15H22N2OS. The lowest BCUT2D eigenvalue weighted by Crippen LogP contribution is -2.30. The molecule has 1 aliphatic heterocycles. The van der Waals surface area contributed by atoms with E-state index in [2.05, 4.69) is 35.8 Å². The van der Waals surface area contributed by atoms with E-state index in [9.17, 15) is 4.79 Å². The highest BCUT2D eigenvalue weighted by Gasteiger charge is 2.16. The summed E-state index contributed by atoms with van der Waals surface area (Å²) in [6.45, 7) is 3.51. The third-order valence-electron chi connectivity index (χ3n) is 3.46. The summed E-state index contributed by atoms with van der Waals surface area (Å²) in [7, 11) is 0. The summed E-state index contributed by atoms with van der Waals surface area (Å²) in [6.07, 6.45) is 5.03. The summed E-state index contributed by atoms with van der Waals surface area (Å²) >= 11 is 1.75. The second kappa shape index (κ2) is 7.56. The monoisotopic (exact) mass is 278 g/mol. The average Bonchev–Trinajstić information content (AvgIpc) is 2.98. The topological polar surface area (TPSA) is 32.3 Å². The van der Waals surface area contributed by atoms with Gasteiger partial charge in [0.25, 0.3) is 0 Å². The van der Waals surface area contributed by atoms with Gasteiger partial charge in [-0.25, -0.2) is 0 Å². The van der Waals surface area contributed by atoms with Gasteiger partial charge in [-0.15, -0.1) is 11.8 Å². The predicted octanol–water partition coefficient (Wildman–Crippen LogP) is 2.51. The highest BCUT2D eigenvalue weighted by Crippen LogP contribution is 2.14. The molecule has 1 aliphatic rings. The standard InChI is InChI=1S/C15H22N2OS/c1-19-14-6-4-13(5-7-14)12-16-9-8-15(18)17-10-2-3-11-17/h4-7,16H,2-3,8-12H2,1H3. The minimum absolute atomic E-state index is 0.294. The molecule has 0 atom stereocenters. The maximum absolute atomic E-state index is 11.8. The minimum atomic E-state index is 0.294. The van der Waals surface area contributed by atoms with Gasteiger partial charge in [0, 0.05) is 37.5 Å². The fourth-order valence-corrected chi connectivity index (χ4v) is 2.70. The number of hydrogen-bond acceptors (Lipinski definition) is 3. The normalized spacial score (nSPS) is 14.9. The van der Waals surface area contributed by atoms with E-state index in [-0.39, 0.29) is 0 Å². The molecule has 0 bridgehead atoms. The van der Waals surface area contributed by atoms with Gasteiger partial charge < -0.3 is 10.2 Å². The van der Waals surface area contributed by atoms with Gasteiger partial charge in [-0.3, -0.25) is 4.79 Å². The van der Waals surface area contributed by atoms with E-state index < -0.39 is 0 Å². The third kappa shape index (κ3) is 4.55. The Balaban J connectivity index is 1.64. The van der Waals surface area contributed by atoms with Crippen LogP contribution in [0.25, 0.3) is 0 Å². The zero-order valence-electron chi connectivity index (χ0n) is 11.5. The second-order valence-corrected chi connectivity index (χ2v) is 5.74. The smallest absolute Gasteiger partial charge is 0.223 e. The summed E-state index contributed by atoms with van der Waals surface area (Å²) < 4.78 is 0. The van der Waals surface area contributed by atoms with E-state index in [4.69, 9.17) is 0 Å². The molecule has 0 unspecified atom stereocenters. The van der Waals surface area contributed by atoms with Gasteiger partial charge in [-0.05, 0) is 36.8 Å². The highest BCUT2D eigenvalue weighted by molar-refractivity contribution is 7.98. The zero-order valence-corrected chi connectivity index (χ0v) is 12.3. The van der Waals surface area contributed by atoms with Crippen LogP contribution in [0.2, 0.25) is 0 Å². The van der Waals surface area contributed by atoms with Gasteiger partial charge in [-0.1, -0.05) is 12.1 Å². The Bertz CT molecular complexity index is 399. The summed E-state index contributed by atoms with van der Waals surface area (Å²) in [4.78, 5) is 15.1. The first kappa shape index (κ1) is 14.4. The molecule has 1 N–H and O–H groups in total. The minimum Gasteiger partial charge on any atom is -0.343 e. The maximum atomic E-state index is 11.8. The molecule has 4 heteroatoms. The van der Waals surface area contributed by atoms with Crippen molar-refractivity contribution in [2.24, 2.45) is 0 Å². The Morgan fingerprint density at radius 1 is 1.26 bits per heavy atom. The number of hydrogen-bond donors (Lipinski definition) is 1. The number of nitrogens with one attached hydrogen (secondary N) is 1. The van der Waals surface area contributed by atoms with Crippen molar-refractivity contribution in [1.82, 2.24) is 10.2 Å². The molecule has 1 saturated heterocycles. The van der Waals surface area contributed by atoms with Crippen LogP contribution in [0.3, 0.4) is 0 Å². The molecular weight excluding hydrogens is 256 g/mol. The number of benzene rings is 1. The van der Waals surface area contributed by atoms with Gasteiger partial charge in [-0.2, -0.15) is 0 Å². The summed E-state index contributed by atoms with van der Waals surface area (Å²) in [6, 6.07) is 8.55. The Labute approximate surface area is 119 Å². The van der Waals surface area contributed by atoms with Crippen LogP contribution in [0.1, 0.15) is 24.8 Å². The van der Waals surface area contributed by atoms with Crippen molar-refractivity contribution in [3.05, 3.63) is 29.8 Å². The van der Waals surface area contributed by atoms with Crippen LogP contribution < -0.4 is 5.32 Å². The highest BCUT2D eigenvalue weighted by atomic mass is 32.2. The second-order valence-electron chi connectivity index (χ2n) is 4.86. The fourth-order valence-electron chi connectivity index (χ4n) is 2.30. The van der Waals surface area contributed by atoms with Crippen LogP contribution in [0, 0.1) is 0 Å². The number of likely N-dealkylation sites (tertiary alicyclic amines) is 1. The van der Waals surface area contributed by atoms with E-state index in [1.807, 2.05) is 4.90 Å².